The molecule has 0 saturated carbocycles. The number of fused-ring (bicyclic) bond motifs is 4. The number of benzene rings is 2. The van der Waals surface area contributed by atoms with E-state index in [1.54, 1.807) is 23.4 Å². The van der Waals surface area contributed by atoms with Crippen LogP contribution in [0.3, 0.4) is 0 Å². The van der Waals surface area contributed by atoms with Gasteiger partial charge in [0.05, 0.1) is 40.8 Å². The Labute approximate surface area is 245 Å². The van der Waals surface area contributed by atoms with Gasteiger partial charge in [0.2, 0.25) is 0 Å². The SMILES string of the molecule is CCCC(CCC)C1=C=C(C)C=C2C(=O)Nc3cc(C(=O)N4CCc5nc[nH]c5C4c4cccc(F)c4)c(C)cc3N12. The summed E-state index contributed by atoms with van der Waals surface area (Å²) >= 11 is 0. The van der Waals surface area contributed by atoms with Gasteiger partial charge >= 0.3 is 0 Å². The topological polar surface area (TPSA) is 81.3 Å². The summed E-state index contributed by atoms with van der Waals surface area (Å²) in [5, 5.41) is 3.05. The van der Waals surface area contributed by atoms with Gasteiger partial charge < -0.3 is 15.2 Å². The number of aryl methyl sites for hydroxylation is 1. The molecular formula is C34H36FN5O2. The molecule has 1 aromatic heterocycles. The maximum Gasteiger partial charge on any atom is 0.272 e. The van der Waals surface area contributed by atoms with Crippen molar-refractivity contribution in [1.82, 2.24) is 14.9 Å². The Bertz CT molecular complexity index is 1670. The summed E-state index contributed by atoms with van der Waals surface area (Å²) in [5.41, 5.74) is 11.2. The van der Waals surface area contributed by atoms with Gasteiger partial charge in [0.1, 0.15) is 11.5 Å². The molecular weight excluding hydrogens is 529 g/mol. The molecule has 0 aliphatic carbocycles. The van der Waals surface area contributed by atoms with Gasteiger partial charge in [-0.25, -0.2) is 9.37 Å². The molecule has 8 heteroatoms. The first-order valence-corrected chi connectivity index (χ1v) is 14.8. The number of halogens is 1. The van der Waals surface area contributed by atoms with E-state index < -0.39 is 6.04 Å². The van der Waals surface area contributed by atoms with E-state index in [-0.39, 0.29) is 23.5 Å². The Morgan fingerprint density at radius 1 is 1.17 bits per heavy atom. The maximum absolute atomic E-state index is 14.3. The molecule has 3 aliphatic rings. The minimum Gasteiger partial charge on any atom is -0.346 e. The highest BCUT2D eigenvalue weighted by Crippen LogP contribution is 2.44. The quantitative estimate of drug-likeness (QED) is 0.304. The Morgan fingerprint density at radius 3 is 2.69 bits per heavy atom. The van der Waals surface area contributed by atoms with Crippen LogP contribution in [-0.2, 0) is 11.2 Å². The number of amides is 2. The van der Waals surface area contributed by atoms with Gasteiger partial charge in [-0.2, -0.15) is 0 Å². The average molecular weight is 566 g/mol. The summed E-state index contributed by atoms with van der Waals surface area (Å²) in [4.78, 5) is 39.2. The predicted molar refractivity (Wildman–Crippen MR) is 161 cm³/mol. The van der Waals surface area contributed by atoms with Gasteiger partial charge in [0.25, 0.3) is 11.8 Å². The number of carbonyl (C=O) groups is 2. The second kappa shape index (κ2) is 11.1. The number of H-pyrrole nitrogens is 1. The summed E-state index contributed by atoms with van der Waals surface area (Å²) < 4.78 is 14.3. The highest BCUT2D eigenvalue weighted by Gasteiger charge is 2.38. The third-order valence-corrected chi connectivity index (χ3v) is 8.47. The number of hydrogen-bond acceptors (Lipinski definition) is 4. The van der Waals surface area contributed by atoms with Crippen LogP contribution in [0.15, 0.2) is 71.5 Å². The number of aromatic amines is 1. The van der Waals surface area contributed by atoms with E-state index in [0.717, 1.165) is 59.6 Å². The lowest BCUT2D eigenvalue weighted by atomic mass is 9.90. The van der Waals surface area contributed by atoms with Crippen molar-refractivity contribution in [2.24, 2.45) is 5.92 Å². The number of rotatable bonds is 7. The Morgan fingerprint density at radius 2 is 1.95 bits per heavy atom. The van der Waals surface area contributed by atoms with E-state index in [1.165, 1.54) is 12.1 Å². The maximum atomic E-state index is 14.3. The fourth-order valence-corrected chi connectivity index (χ4v) is 6.59. The van der Waals surface area contributed by atoms with Crippen molar-refractivity contribution in [2.45, 2.75) is 65.8 Å². The molecule has 3 aromatic rings. The standard InChI is InChI=1S/C34H36FN5O2/c1-5-8-22(9-6-2)28-14-20(3)15-30-33(41)38-27-18-25(21(4)16-29(27)40(28)30)34(42)39-13-12-26-31(37-19-36-26)32(39)23-10-7-11-24(35)17-23/h7,10-11,15-19,22,32H,5-6,8-9,12-13H2,1-4H3,(H,36,37)(H,38,41). The molecule has 4 heterocycles. The molecule has 0 radical (unpaired) electrons. The minimum absolute atomic E-state index is 0.180. The average Bonchev–Trinajstić information content (AvgIpc) is 3.45. The van der Waals surface area contributed by atoms with Crippen molar-refractivity contribution >= 4 is 23.2 Å². The van der Waals surface area contributed by atoms with Crippen molar-refractivity contribution in [3.8, 4) is 0 Å². The molecule has 2 amide bonds. The predicted octanol–water partition coefficient (Wildman–Crippen LogP) is 6.95. The van der Waals surface area contributed by atoms with Crippen LogP contribution in [0.1, 0.15) is 85.4 Å². The number of carbonyl (C=O) groups excluding carboxylic acids is 2. The Balaban J connectivity index is 1.42. The van der Waals surface area contributed by atoms with Crippen molar-refractivity contribution in [3.63, 3.8) is 0 Å². The molecule has 1 unspecified atom stereocenters. The van der Waals surface area contributed by atoms with Crippen LogP contribution in [0, 0.1) is 18.7 Å². The van der Waals surface area contributed by atoms with Gasteiger partial charge in [0, 0.05) is 24.4 Å². The molecule has 0 saturated heterocycles. The molecule has 2 N–H and O–H groups in total. The number of hydrogen-bond donors (Lipinski definition) is 2. The summed E-state index contributed by atoms with van der Waals surface area (Å²) in [5.74, 6) is -0.474. The van der Waals surface area contributed by atoms with Crippen LogP contribution in [0.5, 0.6) is 0 Å². The zero-order valence-electron chi connectivity index (χ0n) is 24.6. The molecule has 7 nitrogen and oxygen atoms in total. The molecule has 0 fully saturated rings. The van der Waals surface area contributed by atoms with Gasteiger partial charge in [-0.15, -0.1) is 0 Å². The lowest BCUT2D eigenvalue weighted by Crippen LogP contribution is -2.41. The molecule has 6 rings (SSSR count). The van der Waals surface area contributed by atoms with E-state index in [2.05, 4.69) is 34.9 Å². The second-order valence-electron chi connectivity index (χ2n) is 11.4. The third-order valence-electron chi connectivity index (χ3n) is 8.47. The Kier molecular flexibility index (Phi) is 7.33. The molecule has 42 heavy (non-hydrogen) atoms. The van der Waals surface area contributed by atoms with Gasteiger partial charge in [-0.3, -0.25) is 14.5 Å². The Hall–Kier alpha value is -4.42. The normalized spacial score (nSPS) is 17.6. The molecule has 1 atom stereocenters. The van der Waals surface area contributed by atoms with Crippen molar-refractivity contribution in [3.05, 3.63) is 105 Å². The molecule has 0 bridgehead atoms. The first kappa shape index (κ1) is 27.7. The molecule has 0 spiro atoms. The van der Waals surface area contributed by atoms with Gasteiger partial charge in [0.15, 0.2) is 0 Å². The molecule has 216 valence electrons. The zero-order chi connectivity index (χ0) is 29.5. The number of allylic oxidation sites excluding steroid dienone is 2. The number of anilines is 2. The zero-order valence-corrected chi connectivity index (χ0v) is 24.6. The van der Waals surface area contributed by atoms with Crippen molar-refractivity contribution < 1.29 is 14.0 Å². The highest BCUT2D eigenvalue weighted by molar-refractivity contribution is 6.14. The summed E-state index contributed by atoms with van der Waals surface area (Å²) in [7, 11) is 0. The monoisotopic (exact) mass is 565 g/mol. The van der Waals surface area contributed by atoms with E-state index >= 15 is 0 Å². The van der Waals surface area contributed by atoms with Crippen LogP contribution >= 0.6 is 0 Å². The van der Waals surface area contributed by atoms with Crippen LogP contribution in [-0.4, -0.2) is 33.2 Å². The van der Waals surface area contributed by atoms with E-state index in [0.29, 0.717) is 35.5 Å². The summed E-state index contributed by atoms with van der Waals surface area (Å²) in [6.45, 7) is 8.71. The van der Waals surface area contributed by atoms with Gasteiger partial charge in [-0.1, -0.05) is 44.6 Å². The summed E-state index contributed by atoms with van der Waals surface area (Å²) in [6, 6.07) is 9.65. The minimum atomic E-state index is -0.507. The van der Waals surface area contributed by atoms with Gasteiger partial charge in [-0.05, 0) is 73.7 Å². The lowest BCUT2D eigenvalue weighted by molar-refractivity contribution is -0.113. The van der Waals surface area contributed by atoms with Crippen LogP contribution in [0.4, 0.5) is 15.8 Å². The molecule has 2 aromatic carbocycles. The van der Waals surface area contributed by atoms with Crippen molar-refractivity contribution in [1.29, 1.82) is 0 Å². The van der Waals surface area contributed by atoms with E-state index in [4.69, 9.17) is 0 Å². The third kappa shape index (κ3) is 4.76. The van der Waals surface area contributed by atoms with Crippen molar-refractivity contribution in [2.75, 3.05) is 16.8 Å². The summed E-state index contributed by atoms with van der Waals surface area (Å²) in [6.07, 6.45) is 8.18. The van der Waals surface area contributed by atoms with E-state index in [1.807, 2.05) is 37.0 Å². The first-order chi connectivity index (χ1) is 20.3. The number of aromatic nitrogens is 2. The van der Waals surface area contributed by atoms with E-state index in [9.17, 15) is 14.0 Å². The number of nitrogens with zero attached hydrogens (tertiary/aromatic N) is 3. The number of nitrogens with one attached hydrogen (secondary N) is 2. The lowest BCUT2D eigenvalue weighted by Gasteiger charge is -2.39. The number of imidazole rings is 1. The molecule has 3 aliphatic heterocycles. The fourth-order valence-electron chi connectivity index (χ4n) is 6.59. The fraction of sp³-hybridized carbons (Fsp3) is 0.353. The highest BCUT2D eigenvalue weighted by atomic mass is 19.1. The van der Waals surface area contributed by atoms with Crippen LogP contribution < -0.4 is 10.2 Å². The largest absolute Gasteiger partial charge is 0.346 e. The van der Waals surface area contributed by atoms with Crippen LogP contribution in [0.25, 0.3) is 0 Å². The second-order valence-corrected chi connectivity index (χ2v) is 11.4. The van der Waals surface area contributed by atoms with Crippen LogP contribution in [0.2, 0.25) is 0 Å². The first-order valence-electron chi connectivity index (χ1n) is 14.8. The smallest absolute Gasteiger partial charge is 0.272 e.